The van der Waals surface area contributed by atoms with Crippen molar-refractivity contribution in [1.29, 1.82) is 0 Å². The van der Waals surface area contributed by atoms with E-state index in [4.69, 9.17) is 0 Å². The molecule has 0 spiro atoms. The predicted molar refractivity (Wildman–Crippen MR) is 93.8 cm³/mol. The van der Waals surface area contributed by atoms with Crippen LogP contribution in [0.2, 0.25) is 0 Å². The van der Waals surface area contributed by atoms with Gasteiger partial charge in [0.25, 0.3) is 11.1 Å². The van der Waals surface area contributed by atoms with Crippen LogP contribution in [-0.2, 0) is 11.3 Å². The summed E-state index contributed by atoms with van der Waals surface area (Å²) >= 11 is 4.24. The van der Waals surface area contributed by atoms with Crippen LogP contribution >= 0.6 is 27.7 Å². The van der Waals surface area contributed by atoms with Gasteiger partial charge in [-0.05, 0) is 41.6 Å². The molecular weight excluding hydrogens is 378 g/mol. The second kappa shape index (κ2) is 6.60. The molecule has 2 amide bonds. The lowest BCUT2D eigenvalue weighted by Crippen LogP contribution is -2.27. The van der Waals surface area contributed by atoms with Gasteiger partial charge in [-0.15, -0.1) is 0 Å². The molecule has 0 aromatic heterocycles. The number of hydrogen-bond donors (Lipinski definition) is 1. The molecule has 1 saturated heterocycles. The van der Waals surface area contributed by atoms with Crippen LogP contribution < -0.4 is 0 Å². The number of carbonyl (C=O) groups is 2. The maximum absolute atomic E-state index is 12.4. The summed E-state index contributed by atoms with van der Waals surface area (Å²) in [6.45, 7) is 0.232. The molecule has 0 atom stereocenters. The normalized spacial score (nSPS) is 16.4. The maximum Gasteiger partial charge on any atom is 0.293 e. The molecule has 0 bridgehead atoms. The topological polar surface area (TPSA) is 57.6 Å². The number of hydrogen-bond acceptors (Lipinski definition) is 4. The van der Waals surface area contributed by atoms with E-state index in [0.717, 1.165) is 21.8 Å². The molecule has 2 aromatic rings. The number of phenolic OH excluding ortho intramolecular Hbond substituents is 1. The summed E-state index contributed by atoms with van der Waals surface area (Å²) in [5.74, 6) is -0.265. The third kappa shape index (κ3) is 3.48. The Labute approximate surface area is 145 Å². The van der Waals surface area contributed by atoms with Gasteiger partial charge in [0.2, 0.25) is 0 Å². The number of carbonyl (C=O) groups excluding carboxylic acids is 2. The van der Waals surface area contributed by atoms with Crippen molar-refractivity contribution >= 4 is 44.9 Å². The molecule has 6 heteroatoms. The molecule has 23 heavy (non-hydrogen) atoms. The number of para-hydroxylation sites is 1. The number of phenols is 1. The van der Waals surface area contributed by atoms with Crippen molar-refractivity contribution < 1.29 is 14.7 Å². The third-order valence-electron chi connectivity index (χ3n) is 3.35. The van der Waals surface area contributed by atoms with E-state index < -0.39 is 0 Å². The highest BCUT2D eigenvalue weighted by Gasteiger charge is 2.35. The SMILES string of the molecule is O=C1SC(=Cc2ccccc2O)C(=O)N1Cc1ccc(Br)cc1. The molecule has 116 valence electrons. The fourth-order valence-corrected chi connectivity index (χ4v) is 3.25. The number of halogens is 1. The highest BCUT2D eigenvalue weighted by atomic mass is 79.9. The summed E-state index contributed by atoms with van der Waals surface area (Å²) in [5.41, 5.74) is 1.39. The first-order valence-electron chi connectivity index (χ1n) is 6.82. The first-order valence-corrected chi connectivity index (χ1v) is 8.43. The van der Waals surface area contributed by atoms with Crippen LogP contribution in [0.15, 0.2) is 57.9 Å². The molecule has 1 heterocycles. The van der Waals surface area contributed by atoms with Crippen LogP contribution in [0.4, 0.5) is 4.79 Å². The number of thioether (sulfide) groups is 1. The van der Waals surface area contributed by atoms with Gasteiger partial charge in [0.05, 0.1) is 11.4 Å². The Bertz CT molecular complexity index is 802. The summed E-state index contributed by atoms with van der Waals surface area (Å²) in [6.07, 6.45) is 1.54. The molecule has 1 aliphatic heterocycles. The van der Waals surface area contributed by atoms with E-state index >= 15 is 0 Å². The minimum atomic E-state index is -0.342. The van der Waals surface area contributed by atoms with Crippen molar-refractivity contribution in [2.75, 3.05) is 0 Å². The van der Waals surface area contributed by atoms with Gasteiger partial charge in [-0.1, -0.05) is 46.3 Å². The molecule has 0 radical (unpaired) electrons. The smallest absolute Gasteiger partial charge is 0.293 e. The lowest BCUT2D eigenvalue weighted by molar-refractivity contribution is -0.123. The lowest BCUT2D eigenvalue weighted by Gasteiger charge is -2.12. The van der Waals surface area contributed by atoms with E-state index in [2.05, 4.69) is 15.9 Å². The van der Waals surface area contributed by atoms with Crippen molar-refractivity contribution in [3.05, 3.63) is 69.0 Å². The summed E-state index contributed by atoms with van der Waals surface area (Å²) in [7, 11) is 0. The Morgan fingerprint density at radius 1 is 1.09 bits per heavy atom. The fraction of sp³-hybridized carbons (Fsp3) is 0.0588. The van der Waals surface area contributed by atoms with Gasteiger partial charge in [0.1, 0.15) is 5.75 Å². The Morgan fingerprint density at radius 2 is 1.78 bits per heavy atom. The standard InChI is InChI=1S/C17H12BrNO3S/c18-13-7-5-11(6-8-13)10-19-16(21)15(23-17(19)22)9-12-3-1-2-4-14(12)20/h1-9,20H,10H2. The number of amides is 2. The highest BCUT2D eigenvalue weighted by Crippen LogP contribution is 2.34. The lowest BCUT2D eigenvalue weighted by atomic mass is 10.2. The van der Waals surface area contributed by atoms with E-state index in [9.17, 15) is 14.7 Å². The molecule has 1 fully saturated rings. The molecule has 0 aliphatic carbocycles. The highest BCUT2D eigenvalue weighted by molar-refractivity contribution is 9.10. The van der Waals surface area contributed by atoms with Crippen LogP contribution in [0.5, 0.6) is 5.75 Å². The number of benzene rings is 2. The van der Waals surface area contributed by atoms with Crippen LogP contribution in [0, 0.1) is 0 Å². The van der Waals surface area contributed by atoms with Gasteiger partial charge < -0.3 is 5.11 Å². The van der Waals surface area contributed by atoms with Gasteiger partial charge in [-0.3, -0.25) is 14.5 Å². The van der Waals surface area contributed by atoms with Gasteiger partial charge in [0.15, 0.2) is 0 Å². The molecule has 0 unspecified atom stereocenters. The average Bonchev–Trinajstić information content (AvgIpc) is 2.79. The molecule has 2 aromatic carbocycles. The number of nitrogens with zero attached hydrogens (tertiary/aromatic N) is 1. The molecule has 4 nitrogen and oxygen atoms in total. The maximum atomic E-state index is 12.4. The Balaban J connectivity index is 1.82. The second-order valence-electron chi connectivity index (χ2n) is 4.95. The largest absolute Gasteiger partial charge is 0.507 e. The molecule has 1 N–H and O–H groups in total. The van der Waals surface area contributed by atoms with Crippen LogP contribution in [0.3, 0.4) is 0 Å². The van der Waals surface area contributed by atoms with E-state index in [-0.39, 0.29) is 23.4 Å². The molecule has 1 aliphatic rings. The first-order chi connectivity index (χ1) is 11.0. The van der Waals surface area contributed by atoms with Crippen molar-refractivity contribution in [2.24, 2.45) is 0 Å². The van der Waals surface area contributed by atoms with E-state index in [1.807, 2.05) is 24.3 Å². The zero-order valence-electron chi connectivity index (χ0n) is 11.9. The Morgan fingerprint density at radius 3 is 2.48 bits per heavy atom. The average molecular weight is 390 g/mol. The monoisotopic (exact) mass is 389 g/mol. The minimum Gasteiger partial charge on any atom is -0.507 e. The Kier molecular flexibility index (Phi) is 4.54. The van der Waals surface area contributed by atoms with E-state index in [1.54, 1.807) is 24.3 Å². The molecule has 0 saturated carbocycles. The zero-order chi connectivity index (χ0) is 16.4. The van der Waals surface area contributed by atoms with Crippen molar-refractivity contribution in [3.63, 3.8) is 0 Å². The van der Waals surface area contributed by atoms with E-state index in [0.29, 0.717) is 10.5 Å². The van der Waals surface area contributed by atoms with Crippen LogP contribution in [0.25, 0.3) is 6.08 Å². The van der Waals surface area contributed by atoms with Gasteiger partial charge >= 0.3 is 0 Å². The van der Waals surface area contributed by atoms with Crippen molar-refractivity contribution in [3.8, 4) is 5.75 Å². The third-order valence-corrected chi connectivity index (χ3v) is 4.79. The quantitative estimate of drug-likeness (QED) is 0.790. The summed E-state index contributed by atoms with van der Waals surface area (Å²) < 4.78 is 0.940. The van der Waals surface area contributed by atoms with Crippen LogP contribution in [-0.4, -0.2) is 21.2 Å². The summed E-state index contributed by atoms with van der Waals surface area (Å²) in [6, 6.07) is 14.2. The number of rotatable bonds is 3. The Hall–Kier alpha value is -2.05. The molecular formula is C17H12BrNO3S. The van der Waals surface area contributed by atoms with Gasteiger partial charge in [-0.25, -0.2) is 0 Å². The second-order valence-corrected chi connectivity index (χ2v) is 6.86. The van der Waals surface area contributed by atoms with Crippen LogP contribution in [0.1, 0.15) is 11.1 Å². The molecule has 3 rings (SSSR count). The van der Waals surface area contributed by atoms with Gasteiger partial charge in [0, 0.05) is 10.0 Å². The summed E-state index contributed by atoms with van der Waals surface area (Å²) in [5, 5.41) is 9.48. The minimum absolute atomic E-state index is 0.0761. The first kappa shape index (κ1) is 15.8. The van der Waals surface area contributed by atoms with Crippen molar-refractivity contribution in [1.82, 2.24) is 4.90 Å². The number of imide groups is 1. The summed E-state index contributed by atoms with van der Waals surface area (Å²) in [4.78, 5) is 26.0. The van der Waals surface area contributed by atoms with E-state index in [1.165, 1.54) is 11.0 Å². The van der Waals surface area contributed by atoms with Crippen molar-refractivity contribution in [2.45, 2.75) is 6.54 Å². The number of aromatic hydroxyl groups is 1. The zero-order valence-corrected chi connectivity index (χ0v) is 14.3. The predicted octanol–water partition coefficient (Wildman–Crippen LogP) is 4.39. The van der Waals surface area contributed by atoms with Gasteiger partial charge in [-0.2, -0.15) is 0 Å². The fourth-order valence-electron chi connectivity index (χ4n) is 2.16.